The summed E-state index contributed by atoms with van der Waals surface area (Å²) in [4.78, 5) is 33.1. The van der Waals surface area contributed by atoms with Crippen molar-refractivity contribution in [3.05, 3.63) is 117 Å². The minimum atomic E-state index is -2.42. The number of aliphatic hydroxyl groups is 2. The maximum Gasteiger partial charge on any atom is 0.265 e. The summed E-state index contributed by atoms with van der Waals surface area (Å²) in [6, 6.07) is 20.3. The zero-order chi connectivity index (χ0) is 35.3. The fraction of sp³-hybridized carbons (Fsp3) is 0.359. The van der Waals surface area contributed by atoms with Gasteiger partial charge in [0.05, 0.1) is 11.6 Å². The molecule has 3 N–H and O–H groups in total. The minimum absolute atomic E-state index is 0.0318. The summed E-state index contributed by atoms with van der Waals surface area (Å²) in [5, 5.41) is 32.0. The van der Waals surface area contributed by atoms with Gasteiger partial charge < -0.3 is 34.4 Å². The Kier molecular flexibility index (Phi) is 8.75. The molecule has 0 radical (unpaired) electrons. The summed E-state index contributed by atoms with van der Waals surface area (Å²) in [6.07, 6.45) is 0.627. The number of aliphatic hydroxyl groups excluding tert-OH is 1. The second-order valence-electron chi connectivity index (χ2n) is 13.8. The lowest BCUT2D eigenvalue weighted by Crippen LogP contribution is -2.59. The number of nitrogens with zero attached hydrogens (tertiary/aromatic N) is 3. The van der Waals surface area contributed by atoms with E-state index in [1.165, 1.54) is 0 Å². The zero-order valence-corrected chi connectivity index (χ0v) is 28.9. The molecule has 4 aromatic rings. The van der Waals surface area contributed by atoms with Gasteiger partial charge in [0.2, 0.25) is 5.78 Å². The van der Waals surface area contributed by atoms with Gasteiger partial charge in [-0.1, -0.05) is 60.7 Å². The third-order valence-electron chi connectivity index (χ3n) is 10.2. The maximum absolute atomic E-state index is 14.8. The lowest BCUT2D eigenvalue weighted by atomic mass is 9.58. The Balaban J connectivity index is 1.34. The first kappa shape index (κ1) is 33.5. The molecule has 4 atom stereocenters. The smallest absolute Gasteiger partial charge is 0.265 e. The first-order chi connectivity index (χ1) is 24.1. The van der Waals surface area contributed by atoms with Crippen LogP contribution in [0, 0.1) is 11.8 Å². The van der Waals surface area contributed by atoms with Crippen molar-refractivity contribution in [2.75, 3.05) is 40.1 Å². The van der Waals surface area contributed by atoms with Crippen LogP contribution in [0.15, 0.2) is 82.6 Å². The molecule has 7 rings (SSSR count). The van der Waals surface area contributed by atoms with Crippen molar-refractivity contribution in [1.82, 2.24) is 15.4 Å². The molecule has 0 aliphatic heterocycles. The van der Waals surface area contributed by atoms with Crippen LogP contribution in [0.4, 0.5) is 5.69 Å². The van der Waals surface area contributed by atoms with Gasteiger partial charge in [0, 0.05) is 37.8 Å². The molecule has 3 aliphatic carbocycles. The quantitative estimate of drug-likeness (QED) is 0.208. The number of carbonyl (C=O) groups excluding carboxylic acids is 2. The molecule has 0 saturated heterocycles. The normalized spacial score (nSPS) is 22.5. The van der Waals surface area contributed by atoms with Gasteiger partial charge in [-0.25, -0.2) is 0 Å². The molecule has 50 heavy (non-hydrogen) atoms. The fourth-order valence-electron chi connectivity index (χ4n) is 8.09. The van der Waals surface area contributed by atoms with E-state index >= 15 is 0 Å². The number of nitrogens with one attached hydrogen (secondary N) is 1. The van der Waals surface area contributed by atoms with Gasteiger partial charge in [0.1, 0.15) is 30.3 Å². The second kappa shape index (κ2) is 13.1. The van der Waals surface area contributed by atoms with Crippen molar-refractivity contribution in [2.45, 2.75) is 44.2 Å². The van der Waals surface area contributed by atoms with Crippen molar-refractivity contribution in [1.29, 1.82) is 0 Å². The lowest BCUT2D eigenvalue weighted by Gasteiger charge is -2.49. The molecule has 3 aromatic carbocycles. The summed E-state index contributed by atoms with van der Waals surface area (Å²) in [5.41, 5.74) is 2.36. The van der Waals surface area contributed by atoms with Crippen molar-refractivity contribution < 1.29 is 33.8 Å². The Morgan fingerprint density at radius 1 is 0.960 bits per heavy atom. The number of anilines is 1. The second-order valence-corrected chi connectivity index (χ2v) is 13.8. The van der Waals surface area contributed by atoms with Gasteiger partial charge in [-0.05, 0) is 73.4 Å². The van der Waals surface area contributed by atoms with E-state index < -0.39 is 40.8 Å². The Bertz CT molecular complexity index is 1970. The summed E-state index contributed by atoms with van der Waals surface area (Å²) in [7, 11) is 9.39. The molecule has 3 aliphatic rings. The van der Waals surface area contributed by atoms with Crippen LogP contribution in [0.25, 0.3) is 0 Å². The zero-order valence-electron chi connectivity index (χ0n) is 28.9. The molecular weight excluding hydrogens is 636 g/mol. The molecule has 0 spiro atoms. The molecule has 11 nitrogen and oxygen atoms in total. The van der Waals surface area contributed by atoms with Crippen LogP contribution in [0.5, 0.6) is 11.6 Å². The van der Waals surface area contributed by atoms with E-state index in [0.29, 0.717) is 24.3 Å². The van der Waals surface area contributed by atoms with Crippen LogP contribution in [0.3, 0.4) is 0 Å². The van der Waals surface area contributed by atoms with E-state index in [-0.39, 0.29) is 42.4 Å². The Morgan fingerprint density at radius 2 is 1.60 bits per heavy atom. The Hall–Kier alpha value is -4.97. The Morgan fingerprint density at radius 3 is 2.20 bits per heavy atom. The number of ketones is 2. The highest BCUT2D eigenvalue weighted by atomic mass is 16.5. The fourth-order valence-corrected chi connectivity index (χ4v) is 8.09. The first-order valence-corrected chi connectivity index (χ1v) is 16.8. The standard InChI is InChI=1S/C39H42N4O7/c1-40-19-25-18-28(48-20-22-12-8-6-9-13-22)30-26(32(25)42(2)3)16-24-17-27-33(43(4)5)35-31(37(46)39(27,47)36(45)29(24)34(30)44)38(41-50-35)49-21-23-14-10-7-11-15-23/h6-15,18,24,27,33,40,45,47H,16-17,19-21H2,1-5H3/t24-,27-,33-,39-/m0/s1. The highest BCUT2D eigenvalue weighted by Gasteiger charge is 2.64. The number of rotatable bonds is 10. The predicted molar refractivity (Wildman–Crippen MR) is 187 cm³/mol. The van der Waals surface area contributed by atoms with Crippen LogP contribution in [0.1, 0.15) is 61.2 Å². The highest BCUT2D eigenvalue weighted by Crippen LogP contribution is 2.57. The third-order valence-corrected chi connectivity index (χ3v) is 10.2. The minimum Gasteiger partial charge on any atom is -0.508 e. The summed E-state index contributed by atoms with van der Waals surface area (Å²) in [6.45, 7) is 0.881. The number of allylic oxidation sites excluding steroid dienone is 1. The molecule has 1 aromatic heterocycles. The van der Waals surface area contributed by atoms with E-state index in [4.69, 9.17) is 14.0 Å². The number of hydrogen-bond acceptors (Lipinski definition) is 11. The number of aromatic nitrogens is 1. The molecule has 0 bridgehead atoms. The largest absolute Gasteiger partial charge is 0.508 e. The average Bonchev–Trinajstić information content (AvgIpc) is 3.52. The van der Waals surface area contributed by atoms with Crippen LogP contribution >= 0.6 is 0 Å². The summed E-state index contributed by atoms with van der Waals surface area (Å²) < 4.78 is 18.1. The van der Waals surface area contributed by atoms with E-state index in [2.05, 4.69) is 10.5 Å². The number of fused-ring (bicyclic) bond motifs is 4. The van der Waals surface area contributed by atoms with E-state index in [9.17, 15) is 19.8 Å². The molecule has 0 unspecified atom stereocenters. The molecule has 0 saturated carbocycles. The van der Waals surface area contributed by atoms with Crippen LogP contribution in [0.2, 0.25) is 0 Å². The van der Waals surface area contributed by atoms with Gasteiger partial charge >= 0.3 is 0 Å². The van der Waals surface area contributed by atoms with Crippen LogP contribution in [-0.2, 0) is 26.2 Å². The topological polar surface area (TPSA) is 138 Å². The lowest BCUT2D eigenvalue weighted by molar-refractivity contribution is -0.0559. The Labute approximate surface area is 291 Å². The number of hydrogen-bond donors (Lipinski definition) is 3. The van der Waals surface area contributed by atoms with Crippen LogP contribution < -0.4 is 19.7 Å². The van der Waals surface area contributed by atoms with Gasteiger partial charge in [0.25, 0.3) is 5.88 Å². The van der Waals surface area contributed by atoms with Gasteiger partial charge in [-0.3, -0.25) is 14.5 Å². The maximum atomic E-state index is 14.8. The average molecular weight is 679 g/mol. The first-order valence-electron chi connectivity index (χ1n) is 16.8. The van der Waals surface area contributed by atoms with Crippen molar-refractivity contribution in [3.63, 3.8) is 0 Å². The highest BCUT2D eigenvalue weighted by molar-refractivity contribution is 6.16. The molecule has 0 fully saturated rings. The number of benzene rings is 3. The van der Waals surface area contributed by atoms with Crippen molar-refractivity contribution >= 4 is 17.3 Å². The molecule has 1 heterocycles. The number of carbonyl (C=O) groups is 2. The summed E-state index contributed by atoms with van der Waals surface area (Å²) in [5.74, 6) is -2.65. The van der Waals surface area contributed by atoms with E-state index in [0.717, 1.165) is 27.9 Å². The monoisotopic (exact) mass is 678 g/mol. The van der Waals surface area contributed by atoms with E-state index in [1.54, 1.807) is 0 Å². The van der Waals surface area contributed by atoms with Gasteiger partial charge in [-0.15, -0.1) is 0 Å². The van der Waals surface area contributed by atoms with Crippen LogP contribution in [-0.4, -0.2) is 72.7 Å². The van der Waals surface area contributed by atoms with E-state index in [1.807, 2.05) is 112 Å². The molecular formula is C39H42N4O7. The van der Waals surface area contributed by atoms with Gasteiger partial charge in [0.15, 0.2) is 17.1 Å². The SMILES string of the molecule is CNCc1cc(OCc2ccccc2)c2c(c1N(C)C)C[C@H]1C[C@H]3[C@H](N(C)C)c4onc(OCc5ccccc5)c4C(=O)[C@@]3(O)C(O)=C1C2=O. The molecule has 260 valence electrons. The number of ether oxygens (including phenoxy) is 2. The van der Waals surface area contributed by atoms with Crippen molar-refractivity contribution in [3.8, 4) is 11.6 Å². The predicted octanol–water partition coefficient (Wildman–Crippen LogP) is 5.04. The van der Waals surface area contributed by atoms with Gasteiger partial charge in [-0.2, -0.15) is 0 Å². The molecule has 0 amide bonds. The summed E-state index contributed by atoms with van der Waals surface area (Å²) >= 11 is 0. The number of Topliss-reactive ketones (excluding diaryl/α,β-unsaturated/α-hetero) is 2. The molecule has 11 heteroatoms. The third kappa shape index (κ3) is 5.37. The van der Waals surface area contributed by atoms with Crippen molar-refractivity contribution in [2.24, 2.45) is 11.8 Å².